The quantitative estimate of drug-likeness (QED) is 0.730. The van der Waals surface area contributed by atoms with Crippen LogP contribution in [0.2, 0.25) is 0 Å². The maximum Gasteiger partial charge on any atom is 0.409 e. The third-order valence-corrected chi connectivity index (χ3v) is 3.71. The molecule has 106 valence electrons. The Labute approximate surface area is 114 Å². The van der Waals surface area contributed by atoms with E-state index in [-0.39, 0.29) is 12.0 Å². The van der Waals surface area contributed by atoms with Crippen molar-refractivity contribution in [1.29, 1.82) is 0 Å². The lowest BCUT2D eigenvalue weighted by Crippen LogP contribution is -2.50. The lowest BCUT2D eigenvalue weighted by molar-refractivity contribution is -0.133. The van der Waals surface area contributed by atoms with Gasteiger partial charge in [0, 0.05) is 32.6 Å². The molecule has 5 nitrogen and oxygen atoms in total. The Balaban J connectivity index is 1.74. The van der Waals surface area contributed by atoms with Gasteiger partial charge in [-0.1, -0.05) is 12.2 Å². The Morgan fingerprint density at radius 3 is 2.47 bits per heavy atom. The van der Waals surface area contributed by atoms with Crippen molar-refractivity contribution in [3.8, 4) is 0 Å². The summed E-state index contributed by atoms with van der Waals surface area (Å²) in [4.78, 5) is 27.2. The van der Waals surface area contributed by atoms with E-state index in [4.69, 9.17) is 4.74 Å². The molecule has 19 heavy (non-hydrogen) atoms. The number of rotatable bonds is 3. The number of carbonyl (C=O) groups is 2. The van der Waals surface area contributed by atoms with E-state index < -0.39 is 0 Å². The van der Waals surface area contributed by atoms with Crippen LogP contribution in [-0.2, 0) is 9.53 Å². The highest BCUT2D eigenvalue weighted by Gasteiger charge is 2.26. The third kappa shape index (κ3) is 3.72. The van der Waals surface area contributed by atoms with Crippen LogP contribution in [0.4, 0.5) is 4.79 Å². The van der Waals surface area contributed by atoms with Crippen LogP contribution in [0.15, 0.2) is 12.2 Å². The van der Waals surface area contributed by atoms with Crippen LogP contribution in [-0.4, -0.2) is 54.6 Å². The second-order valence-corrected chi connectivity index (χ2v) is 5.04. The monoisotopic (exact) mass is 266 g/mol. The Bertz CT molecular complexity index is 360. The number of ether oxygens (including phenoxy) is 1. The minimum absolute atomic E-state index is 0.208. The van der Waals surface area contributed by atoms with Gasteiger partial charge in [-0.05, 0) is 25.7 Å². The smallest absolute Gasteiger partial charge is 0.409 e. The molecule has 2 rings (SSSR count). The van der Waals surface area contributed by atoms with Crippen molar-refractivity contribution >= 4 is 12.0 Å². The van der Waals surface area contributed by atoms with Crippen molar-refractivity contribution in [2.75, 3.05) is 32.8 Å². The molecule has 0 N–H and O–H groups in total. The molecule has 2 amide bonds. The van der Waals surface area contributed by atoms with E-state index in [0.717, 1.165) is 12.8 Å². The van der Waals surface area contributed by atoms with Crippen molar-refractivity contribution in [1.82, 2.24) is 9.80 Å². The van der Waals surface area contributed by atoms with Gasteiger partial charge in [0.15, 0.2) is 0 Å². The summed E-state index contributed by atoms with van der Waals surface area (Å²) < 4.78 is 4.96. The van der Waals surface area contributed by atoms with Crippen LogP contribution in [0.1, 0.15) is 26.2 Å². The molecule has 1 aliphatic carbocycles. The fraction of sp³-hybridized carbons (Fsp3) is 0.714. The van der Waals surface area contributed by atoms with E-state index in [1.54, 1.807) is 11.8 Å². The van der Waals surface area contributed by atoms with Crippen molar-refractivity contribution in [3.05, 3.63) is 12.2 Å². The van der Waals surface area contributed by atoms with Crippen molar-refractivity contribution in [2.24, 2.45) is 5.92 Å². The van der Waals surface area contributed by atoms with Crippen molar-refractivity contribution in [2.45, 2.75) is 26.2 Å². The normalized spacial score (nSPS) is 22.7. The number of amides is 2. The molecule has 1 heterocycles. The minimum Gasteiger partial charge on any atom is -0.450 e. The molecule has 1 aliphatic heterocycles. The van der Waals surface area contributed by atoms with Crippen LogP contribution in [0.3, 0.4) is 0 Å². The number of carbonyl (C=O) groups excluding carboxylic acids is 2. The molecule has 0 radical (unpaired) electrons. The molecule has 1 atom stereocenters. The fourth-order valence-corrected chi connectivity index (χ4v) is 2.57. The summed E-state index contributed by atoms with van der Waals surface area (Å²) in [6.07, 6.45) is 6.82. The predicted octanol–water partition coefficient (Wildman–Crippen LogP) is 1.64. The highest BCUT2D eigenvalue weighted by molar-refractivity contribution is 5.77. The zero-order chi connectivity index (χ0) is 13.7. The van der Waals surface area contributed by atoms with Crippen LogP contribution in [0, 0.1) is 5.92 Å². The molecule has 0 saturated carbocycles. The second-order valence-electron chi connectivity index (χ2n) is 5.04. The summed E-state index contributed by atoms with van der Waals surface area (Å²) in [5, 5.41) is 0. The van der Waals surface area contributed by atoms with Crippen molar-refractivity contribution in [3.63, 3.8) is 0 Å². The van der Waals surface area contributed by atoms with Gasteiger partial charge in [-0.25, -0.2) is 4.79 Å². The maximum absolute atomic E-state index is 12.1. The Hall–Kier alpha value is -1.52. The summed E-state index contributed by atoms with van der Waals surface area (Å²) >= 11 is 0. The first kappa shape index (κ1) is 13.9. The Morgan fingerprint density at radius 1 is 1.21 bits per heavy atom. The zero-order valence-electron chi connectivity index (χ0n) is 11.5. The van der Waals surface area contributed by atoms with Gasteiger partial charge in [0.1, 0.15) is 0 Å². The summed E-state index contributed by atoms with van der Waals surface area (Å²) in [7, 11) is 0. The van der Waals surface area contributed by atoms with Crippen LogP contribution >= 0.6 is 0 Å². The third-order valence-electron chi connectivity index (χ3n) is 3.71. The van der Waals surface area contributed by atoms with Gasteiger partial charge in [0.05, 0.1) is 6.61 Å². The molecule has 1 unspecified atom stereocenters. The van der Waals surface area contributed by atoms with Gasteiger partial charge in [-0.15, -0.1) is 0 Å². The molecule has 0 aromatic rings. The summed E-state index contributed by atoms with van der Waals surface area (Å²) in [5.41, 5.74) is 0. The van der Waals surface area contributed by atoms with Gasteiger partial charge >= 0.3 is 6.09 Å². The maximum atomic E-state index is 12.1. The van der Waals surface area contributed by atoms with Gasteiger partial charge in [-0.2, -0.15) is 0 Å². The summed E-state index contributed by atoms with van der Waals surface area (Å²) in [6.45, 7) is 4.58. The lowest BCUT2D eigenvalue weighted by atomic mass is 10.0. The van der Waals surface area contributed by atoms with Crippen LogP contribution < -0.4 is 0 Å². The van der Waals surface area contributed by atoms with E-state index in [1.807, 2.05) is 4.90 Å². The van der Waals surface area contributed by atoms with Crippen LogP contribution in [0.5, 0.6) is 0 Å². The topological polar surface area (TPSA) is 49.9 Å². The van der Waals surface area contributed by atoms with E-state index >= 15 is 0 Å². The molecule has 0 aromatic heterocycles. The Kier molecular flexibility index (Phi) is 4.82. The SMILES string of the molecule is CCOC(=O)N1CCN(C(=O)CC2C=CCC2)CC1. The summed E-state index contributed by atoms with van der Waals surface area (Å²) in [6, 6.07) is 0. The number of allylic oxidation sites excluding steroid dienone is 2. The van der Waals surface area contributed by atoms with E-state index in [1.165, 1.54) is 0 Å². The van der Waals surface area contributed by atoms with Gasteiger partial charge in [0.2, 0.25) is 5.91 Å². The molecule has 0 spiro atoms. The molecule has 5 heteroatoms. The molecule has 1 saturated heterocycles. The van der Waals surface area contributed by atoms with E-state index in [0.29, 0.717) is 45.1 Å². The van der Waals surface area contributed by atoms with Gasteiger partial charge in [-0.3, -0.25) is 4.79 Å². The molecular weight excluding hydrogens is 244 g/mol. The van der Waals surface area contributed by atoms with Gasteiger partial charge in [0.25, 0.3) is 0 Å². The molecule has 1 fully saturated rings. The average molecular weight is 266 g/mol. The number of hydrogen-bond acceptors (Lipinski definition) is 3. The van der Waals surface area contributed by atoms with E-state index in [9.17, 15) is 9.59 Å². The lowest BCUT2D eigenvalue weighted by Gasteiger charge is -2.34. The first-order valence-corrected chi connectivity index (χ1v) is 7.07. The summed E-state index contributed by atoms with van der Waals surface area (Å²) in [5.74, 6) is 0.621. The fourth-order valence-electron chi connectivity index (χ4n) is 2.57. The standard InChI is InChI=1S/C14H22N2O3/c1-2-19-14(18)16-9-7-15(8-10-16)13(17)11-12-5-3-4-6-12/h3,5,12H,2,4,6-11H2,1H3. The number of nitrogens with zero attached hydrogens (tertiary/aromatic N) is 2. The predicted molar refractivity (Wildman–Crippen MR) is 71.7 cm³/mol. The minimum atomic E-state index is -0.270. The van der Waals surface area contributed by atoms with Crippen LogP contribution in [0.25, 0.3) is 0 Å². The number of piperazine rings is 1. The van der Waals surface area contributed by atoms with E-state index in [2.05, 4.69) is 12.2 Å². The molecule has 2 aliphatic rings. The first-order valence-electron chi connectivity index (χ1n) is 7.07. The van der Waals surface area contributed by atoms with Crippen molar-refractivity contribution < 1.29 is 14.3 Å². The molecule has 0 bridgehead atoms. The highest BCUT2D eigenvalue weighted by Crippen LogP contribution is 2.21. The first-order chi connectivity index (χ1) is 9.20. The zero-order valence-corrected chi connectivity index (χ0v) is 11.5. The largest absolute Gasteiger partial charge is 0.450 e. The average Bonchev–Trinajstić information content (AvgIpc) is 2.92. The highest BCUT2D eigenvalue weighted by atomic mass is 16.6. The Morgan fingerprint density at radius 2 is 1.89 bits per heavy atom. The molecule has 0 aromatic carbocycles. The van der Waals surface area contributed by atoms with Gasteiger partial charge < -0.3 is 14.5 Å². The number of hydrogen-bond donors (Lipinski definition) is 0. The second kappa shape index (κ2) is 6.59. The molecular formula is C14H22N2O3.